The van der Waals surface area contributed by atoms with Crippen molar-refractivity contribution in [3.8, 4) is 5.75 Å². The van der Waals surface area contributed by atoms with E-state index in [1.165, 1.54) is 16.9 Å². The van der Waals surface area contributed by atoms with E-state index in [1.807, 2.05) is 26.0 Å². The minimum Gasteiger partial charge on any atom is -0.486 e. The molecule has 5 heteroatoms. The molecule has 0 saturated carbocycles. The summed E-state index contributed by atoms with van der Waals surface area (Å²) in [7, 11) is 0. The van der Waals surface area contributed by atoms with Crippen LogP contribution < -0.4 is 10.1 Å². The van der Waals surface area contributed by atoms with Crippen LogP contribution in [0.5, 0.6) is 5.75 Å². The van der Waals surface area contributed by atoms with Crippen LogP contribution in [0.3, 0.4) is 0 Å². The van der Waals surface area contributed by atoms with E-state index in [-0.39, 0.29) is 5.91 Å². The number of hydrogen-bond acceptors (Lipinski definition) is 4. The molecule has 2 aromatic rings. The fourth-order valence-corrected chi connectivity index (χ4v) is 2.44. The van der Waals surface area contributed by atoms with Crippen LogP contribution in [0.2, 0.25) is 0 Å². The van der Waals surface area contributed by atoms with E-state index in [0.717, 1.165) is 16.3 Å². The number of hydrogen-bond donors (Lipinski definition) is 1. The summed E-state index contributed by atoms with van der Waals surface area (Å²) in [5.74, 6) is 0.724. The third kappa shape index (κ3) is 3.36. The zero-order chi connectivity index (χ0) is 14.5. The Bertz CT molecular complexity index is 608. The van der Waals surface area contributed by atoms with Crippen molar-refractivity contribution in [2.75, 3.05) is 6.54 Å². The number of aryl methyl sites for hydroxylation is 1. The smallest absolute Gasteiger partial charge is 0.270 e. The van der Waals surface area contributed by atoms with Gasteiger partial charge in [0.1, 0.15) is 23.1 Å². The van der Waals surface area contributed by atoms with Gasteiger partial charge in [-0.05, 0) is 38.0 Å². The Labute approximate surface area is 122 Å². The predicted octanol–water partition coefficient (Wildman–Crippen LogP) is 3.09. The van der Waals surface area contributed by atoms with Gasteiger partial charge in [0.05, 0.1) is 0 Å². The first-order valence-corrected chi connectivity index (χ1v) is 7.41. The predicted molar refractivity (Wildman–Crippen MR) is 80.4 cm³/mol. The molecule has 4 nitrogen and oxygen atoms in total. The number of aromatic nitrogens is 1. The van der Waals surface area contributed by atoms with Crippen LogP contribution in [0, 0.1) is 13.8 Å². The molecule has 2 rings (SSSR count). The van der Waals surface area contributed by atoms with E-state index in [0.29, 0.717) is 18.8 Å². The van der Waals surface area contributed by atoms with Gasteiger partial charge in [-0.2, -0.15) is 0 Å². The largest absolute Gasteiger partial charge is 0.486 e. The lowest BCUT2D eigenvalue weighted by Crippen LogP contribution is -2.22. The highest BCUT2D eigenvalue weighted by molar-refractivity contribution is 7.09. The Hall–Kier alpha value is -1.88. The second-order valence-electron chi connectivity index (χ2n) is 4.47. The lowest BCUT2D eigenvalue weighted by atomic mass is 10.1. The summed E-state index contributed by atoms with van der Waals surface area (Å²) in [6.45, 7) is 6.96. The standard InChI is InChI=1S/C15H18N2O2S/c1-4-16-15(18)12-9-20-14(17-12)8-19-13-7-5-6-10(2)11(13)3/h5-7,9H,4,8H2,1-3H3,(H,16,18). The van der Waals surface area contributed by atoms with Crippen molar-refractivity contribution in [1.29, 1.82) is 0 Å². The van der Waals surface area contributed by atoms with Gasteiger partial charge >= 0.3 is 0 Å². The average Bonchev–Trinajstić information content (AvgIpc) is 2.90. The van der Waals surface area contributed by atoms with Gasteiger partial charge < -0.3 is 10.1 Å². The molecule has 0 radical (unpaired) electrons. The number of benzene rings is 1. The molecule has 0 atom stereocenters. The Morgan fingerprint density at radius 2 is 2.20 bits per heavy atom. The second-order valence-corrected chi connectivity index (χ2v) is 5.42. The zero-order valence-electron chi connectivity index (χ0n) is 11.9. The van der Waals surface area contributed by atoms with Crippen molar-refractivity contribution in [3.05, 3.63) is 45.4 Å². The topological polar surface area (TPSA) is 51.2 Å². The van der Waals surface area contributed by atoms with E-state index in [9.17, 15) is 4.79 Å². The fourth-order valence-electron chi connectivity index (χ4n) is 1.75. The van der Waals surface area contributed by atoms with Gasteiger partial charge in [-0.1, -0.05) is 12.1 Å². The maximum Gasteiger partial charge on any atom is 0.270 e. The van der Waals surface area contributed by atoms with Gasteiger partial charge in [0.25, 0.3) is 5.91 Å². The molecule has 1 amide bonds. The van der Waals surface area contributed by atoms with Gasteiger partial charge in [-0.3, -0.25) is 4.79 Å². The van der Waals surface area contributed by atoms with Gasteiger partial charge in [0, 0.05) is 11.9 Å². The Morgan fingerprint density at radius 3 is 2.95 bits per heavy atom. The summed E-state index contributed by atoms with van der Waals surface area (Å²) >= 11 is 1.44. The SMILES string of the molecule is CCNC(=O)c1csc(COc2cccc(C)c2C)n1. The van der Waals surface area contributed by atoms with Crippen molar-refractivity contribution in [1.82, 2.24) is 10.3 Å². The molecule has 20 heavy (non-hydrogen) atoms. The fraction of sp³-hybridized carbons (Fsp3) is 0.333. The highest BCUT2D eigenvalue weighted by Crippen LogP contribution is 2.22. The number of carbonyl (C=O) groups excluding carboxylic acids is 1. The zero-order valence-corrected chi connectivity index (χ0v) is 12.7. The Balaban J connectivity index is 2.01. The minimum absolute atomic E-state index is 0.137. The van der Waals surface area contributed by atoms with Crippen molar-refractivity contribution in [3.63, 3.8) is 0 Å². The molecule has 1 N–H and O–H groups in total. The van der Waals surface area contributed by atoms with Crippen LogP contribution in [0.1, 0.15) is 33.5 Å². The lowest BCUT2D eigenvalue weighted by Gasteiger charge is -2.09. The van der Waals surface area contributed by atoms with Gasteiger partial charge in [0.2, 0.25) is 0 Å². The number of amides is 1. The van der Waals surface area contributed by atoms with Crippen LogP contribution in [0.15, 0.2) is 23.6 Å². The van der Waals surface area contributed by atoms with Crippen molar-refractivity contribution in [2.45, 2.75) is 27.4 Å². The van der Waals surface area contributed by atoms with Crippen LogP contribution in [0.25, 0.3) is 0 Å². The molecule has 106 valence electrons. The molecule has 0 unspecified atom stereocenters. The first-order chi connectivity index (χ1) is 9.61. The second kappa shape index (κ2) is 6.52. The molecule has 0 aliphatic heterocycles. The van der Waals surface area contributed by atoms with Gasteiger partial charge in [-0.25, -0.2) is 4.98 Å². The molecule has 0 saturated heterocycles. The molecular weight excluding hydrogens is 272 g/mol. The molecule has 0 spiro atoms. The number of ether oxygens (including phenoxy) is 1. The molecule has 0 fully saturated rings. The quantitative estimate of drug-likeness (QED) is 0.920. The summed E-state index contributed by atoms with van der Waals surface area (Å²) in [6.07, 6.45) is 0. The molecule has 1 aromatic heterocycles. The first-order valence-electron chi connectivity index (χ1n) is 6.53. The molecular formula is C15H18N2O2S. The van der Waals surface area contributed by atoms with Crippen molar-refractivity contribution >= 4 is 17.2 Å². The maximum absolute atomic E-state index is 11.6. The van der Waals surface area contributed by atoms with E-state index in [1.54, 1.807) is 5.38 Å². The minimum atomic E-state index is -0.137. The first kappa shape index (κ1) is 14.5. The molecule has 1 aromatic carbocycles. The van der Waals surface area contributed by atoms with Gasteiger partial charge in [0.15, 0.2) is 0 Å². The van der Waals surface area contributed by atoms with Crippen LogP contribution >= 0.6 is 11.3 Å². The van der Waals surface area contributed by atoms with Crippen molar-refractivity contribution < 1.29 is 9.53 Å². The molecule has 0 aliphatic carbocycles. The summed E-state index contributed by atoms with van der Waals surface area (Å²) in [5.41, 5.74) is 2.79. The number of carbonyl (C=O) groups is 1. The van der Waals surface area contributed by atoms with E-state index in [2.05, 4.69) is 23.3 Å². The van der Waals surface area contributed by atoms with E-state index in [4.69, 9.17) is 4.74 Å². The third-order valence-corrected chi connectivity index (χ3v) is 3.85. The normalized spacial score (nSPS) is 10.3. The Morgan fingerprint density at radius 1 is 1.40 bits per heavy atom. The van der Waals surface area contributed by atoms with Gasteiger partial charge in [-0.15, -0.1) is 11.3 Å². The maximum atomic E-state index is 11.6. The van der Waals surface area contributed by atoms with Crippen LogP contribution in [-0.2, 0) is 6.61 Å². The number of nitrogens with zero attached hydrogens (tertiary/aromatic N) is 1. The van der Waals surface area contributed by atoms with E-state index >= 15 is 0 Å². The Kier molecular flexibility index (Phi) is 4.74. The highest BCUT2D eigenvalue weighted by Gasteiger charge is 2.10. The molecule has 1 heterocycles. The van der Waals surface area contributed by atoms with Crippen LogP contribution in [-0.4, -0.2) is 17.4 Å². The highest BCUT2D eigenvalue weighted by atomic mass is 32.1. The lowest BCUT2D eigenvalue weighted by molar-refractivity contribution is 0.0951. The summed E-state index contributed by atoms with van der Waals surface area (Å²) in [4.78, 5) is 15.9. The van der Waals surface area contributed by atoms with Crippen molar-refractivity contribution in [2.24, 2.45) is 0 Å². The summed E-state index contributed by atoms with van der Waals surface area (Å²) in [5, 5.41) is 5.28. The molecule has 0 aliphatic rings. The summed E-state index contributed by atoms with van der Waals surface area (Å²) < 4.78 is 5.77. The number of nitrogens with one attached hydrogen (secondary N) is 1. The van der Waals surface area contributed by atoms with E-state index < -0.39 is 0 Å². The third-order valence-electron chi connectivity index (χ3n) is 3.03. The monoisotopic (exact) mass is 290 g/mol. The molecule has 0 bridgehead atoms. The van der Waals surface area contributed by atoms with Crippen LogP contribution in [0.4, 0.5) is 0 Å². The average molecular weight is 290 g/mol. The number of rotatable bonds is 5. The summed E-state index contributed by atoms with van der Waals surface area (Å²) in [6, 6.07) is 5.97. The number of thiazole rings is 1.